The predicted molar refractivity (Wildman–Crippen MR) is 62.2 cm³/mol. The van der Waals surface area contributed by atoms with Gasteiger partial charge in [0, 0.05) is 18.7 Å². The highest BCUT2D eigenvalue weighted by atomic mass is 19.1. The average Bonchev–Trinajstić information content (AvgIpc) is 2.24. The molecule has 92 valence electrons. The van der Waals surface area contributed by atoms with Gasteiger partial charge in [-0.25, -0.2) is 8.78 Å². The van der Waals surface area contributed by atoms with Crippen LogP contribution in [0.15, 0.2) is 18.2 Å². The summed E-state index contributed by atoms with van der Waals surface area (Å²) in [5.41, 5.74) is 0.0383. The number of benzene rings is 1. The summed E-state index contributed by atoms with van der Waals surface area (Å²) < 4.78 is 26.0. The first-order valence-corrected chi connectivity index (χ1v) is 5.45. The molecule has 4 heteroatoms. The lowest BCUT2D eigenvalue weighted by molar-refractivity contribution is 0.414. The van der Waals surface area contributed by atoms with Crippen LogP contribution in [0.5, 0.6) is 0 Å². The maximum Gasteiger partial charge on any atom is 0.126 e. The minimum Gasteiger partial charge on any atom is -0.309 e. The molecule has 1 atom stereocenters. The maximum absolute atomic E-state index is 13.0. The number of nitrogens with zero attached hydrogens (tertiary/aromatic N) is 1. The Bertz CT molecular complexity index is 415. The van der Waals surface area contributed by atoms with E-state index in [1.165, 1.54) is 12.1 Å². The molecule has 0 amide bonds. The number of nitrogens with one attached hydrogen (secondary N) is 1. The molecule has 1 aromatic rings. The third kappa shape index (κ3) is 4.12. The van der Waals surface area contributed by atoms with Gasteiger partial charge in [0.1, 0.15) is 11.6 Å². The molecule has 0 radical (unpaired) electrons. The predicted octanol–water partition coefficient (Wildman–Crippen LogP) is 3.17. The first-order valence-electron chi connectivity index (χ1n) is 5.45. The standard InChI is InChI=1S/C13H16F2N2/c1-9(17-8-13(2,3)7-16)10-4-11(14)6-12(15)5-10/h4-6,9,17H,8H2,1-3H3. The molecule has 1 unspecified atom stereocenters. The van der Waals surface area contributed by atoms with Crippen molar-refractivity contribution in [1.82, 2.24) is 5.32 Å². The van der Waals surface area contributed by atoms with Crippen molar-refractivity contribution in [3.05, 3.63) is 35.4 Å². The fourth-order valence-electron chi connectivity index (χ4n) is 1.39. The molecule has 0 aliphatic carbocycles. The molecule has 1 rings (SSSR count). The van der Waals surface area contributed by atoms with E-state index in [0.717, 1.165) is 6.07 Å². The van der Waals surface area contributed by atoms with E-state index in [2.05, 4.69) is 11.4 Å². The van der Waals surface area contributed by atoms with Crippen molar-refractivity contribution in [2.75, 3.05) is 6.54 Å². The average molecular weight is 238 g/mol. The van der Waals surface area contributed by atoms with Gasteiger partial charge in [0.15, 0.2) is 0 Å². The Morgan fingerprint density at radius 2 is 1.82 bits per heavy atom. The lowest BCUT2D eigenvalue weighted by Gasteiger charge is -2.20. The zero-order valence-electron chi connectivity index (χ0n) is 10.2. The van der Waals surface area contributed by atoms with Gasteiger partial charge in [-0.3, -0.25) is 0 Å². The van der Waals surface area contributed by atoms with Crippen molar-refractivity contribution in [3.63, 3.8) is 0 Å². The van der Waals surface area contributed by atoms with Crippen molar-refractivity contribution < 1.29 is 8.78 Å². The number of nitriles is 1. The second-order valence-electron chi connectivity index (χ2n) is 4.80. The van der Waals surface area contributed by atoms with E-state index in [9.17, 15) is 8.78 Å². The molecule has 0 saturated carbocycles. The third-order valence-electron chi connectivity index (χ3n) is 2.54. The SMILES string of the molecule is CC(NCC(C)(C)C#N)c1cc(F)cc(F)c1. The van der Waals surface area contributed by atoms with Crippen LogP contribution in [0.25, 0.3) is 0 Å². The molecule has 0 aliphatic heterocycles. The van der Waals surface area contributed by atoms with E-state index in [1.54, 1.807) is 13.8 Å². The van der Waals surface area contributed by atoms with Crippen LogP contribution in [0.4, 0.5) is 8.78 Å². The molecular weight excluding hydrogens is 222 g/mol. The van der Waals surface area contributed by atoms with E-state index < -0.39 is 17.0 Å². The monoisotopic (exact) mass is 238 g/mol. The summed E-state index contributed by atoms with van der Waals surface area (Å²) in [7, 11) is 0. The lowest BCUT2D eigenvalue weighted by Crippen LogP contribution is -2.30. The van der Waals surface area contributed by atoms with Crippen molar-refractivity contribution in [2.24, 2.45) is 5.41 Å². The van der Waals surface area contributed by atoms with Crippen LogP contribution in [0.2, 0.25) is 0 Å². The molecule has 0 saturated heterocycles. The van der Waals surface area contributed by atoms with Crippen molar-refractivity contribution in [2.45, 2.75) is 26.8 Å². The van der Waals surface area contributed by atoms with Gasteiger partial charge in [-0.2, -0.15) is 5.26 Å². The molecule has 0 aliphatic rings. The summed E-state index contributed by atoms with van der Waals surface area (Å²) in [6.45, 7) is 5.88. The molecule has 0 fully saturated rings. The largest absolute Gasteiger partial charge is 0.309 e. The highest BCUT2D eigenvalue weighted by Gasteiger charge is 2.18. The molecule has 0 aromatic heterocycles. The van der Waals surface area contributed by atoms with E-state index in [-0.39, 0.29) is 6.04 Å². The van der Waals surface area contributed by atoms with Crippen LogP contribution >= 0.6 is 0 Å². The molecule has 0 heterocycles. The molecule has 0 bridgehead atoms. The van der Waals surface area contributed by atoms with Crippen molar-refractivity contribution in [3.8, 4) is 6.07 Å². The van der Waals surface area contributed by atoms with Gasteiger partial charge in [-0.15, -0.1) is 0 Å². The first-order chi connectivity index (χ1) is 7.84. The van der Waals surface area contributed by atoms with Gasteiger partial charge in [-0.1, -0.05) is 0 Å². The van der Waals surface area contributed by atoms with Crippen molar-refractivity contribution >= 4 is 0 Å². The quantitative estimate of drug-likeness (QED) is 0.874. The Morgan fingerprint density at radius 1 is 1.29 bits per heavy atom. The fourth-order valence-corrected chi connectivity index (χ4v) is 1.39. The smallest absolute Gasteiger partial charge is 0.126 e. The Kier molecular flexibility index (Phi) is 4.19. The normalized spacial score (nSPS) is 13.2. The summed E-state index contributed by atoms with van der Waals surface area (Å²) in [4.78, 5) is 0. The van der Waals surface area contributed by atoms with Gasteiger partial charge >= 0.3 is 0 Å². The molecule has 1 aromatic carbocycles. The fraction of sp³-hybridized carbons (Fsp3) is 0.462. The summed E-state index contributed by atoms with van der Waals surface area (Å²) in [6.07, 6.45) is 0. The van der Waals surface area contributed by atoms with Gasteiger partial charge in [-0.05, 0) is 38.5 Å². The molecular formula is C13H16F2N2. The highest BCUT2D eigenvalue weighted by Crippen LogP contribution is 2.18. The second-order valence-corrected chi connectivity index (χ2v) is 4.80. The Balaban J connectivity index is 2.71. The van der Waals surface area contributed by atoms with Crippen LogP contribution in [0.1, 0.15) is 32.4 Å². The Morgan fingerprint density at radius 3 is 2.29 bits per heavy atom. The van der Waals surface area contributed by atoms with Crippen molar-refractivity contribution in [1.29, 1.82) is 5.26 Å². The van der Waals surface area contributed by atoms with Gasteiger partial charge in [0.2, 0.25) is 0 Å². The van der Waals surface area contributed by atoms with Crippen LogP contribution in [0.3, 0.4) is 0 Å². The van der Waals surface area contributed by atoms with Crippen LogP contribution < -0.4 is 5.32 Å². The Labute approximate surface area is 100 Å². The van der Waals surface area contributed by atoms with Crippen LogP contribution in [-0.4, -0.2) is 6.54 Å². The third-order valence-corrected chi connectivity index (χ3v) is 2.54. The zero-order chi connectivity index (χ0) is 13.1. The van der Waals surface area contributed by atoms with E-state index >= 15 is 0 Å². The molecule has 17 heavy (non-hydrogen) atoms. The van der Waals surface area contributed by atoms with Gasteiger partial charge in [0.25, 0.3) is 0 Å². The van der Waals surface area contributed by atoms with Crippen LogP contribution in [-0.2, 0) is 0 Å². The lowest BCUT2D eigenvalue weighted by atomic mass is 9.95. The van der Waals surface area contributed by atoms with Crippen LogP contribution in [0, 0.1) is 28.4 Å². The summed E-state index contributed by atoms with van der Waals surface area (Å²) in [5, 5.41) is 11.9. The summed E-state index contributed by atoms with van der Waals surface area (Å²) >= 11 is 0. The number of halogens is 2. The van der Waals surface area contributed by atoms with E-state index in [0.29, 0.717) is 12.1 Å². The number of hydrogen-bond donors (Lipinski definition) is 1. The highest BCUT2D eigenvalue weighted by molar-refractivity contribution is 5.21. The summed E-state index contributed by atoms with van der Waals surface area (Å²) in [5.74, 6) is -1.18. The maximum atomic E-state index is 13.0. The molecule has 0 spiro atoms. The minimum atomic E-state index is -0.590. The topological polar surface area (TPSA) is 35.8 Å². The van der Waals surface area contributed by atoms with E-state index in [4.69, 9.17) is 5.26 Å². The first kappa shape index (κ1) is 13.6. The van der Waals surface area contributed by atoms with Gasteiger partial charge < -0.3 is 5.32 Å². The summed E-state index contributed by atoms with van der Waals surface area (Å²) in [6, 6.07) is 5.39. The second kappa shape index (κ2) is 5.24. The molecule has 2 nitrogen and oxygen atoms in total. The van der Waals surface area contributed by atoms with E-state index in [1.807, 2.05) is 6.92 Å². The molecule has 1 N–H and O–H groups in total. The Hall–Kier alpha value is -1.47. The zero-order valence-corrected chi connectivity index (χ0v) is 10.2. The number of hydrogen-bond acceptors (Lipinski definition) is 2. The van der Waals surface area contributed by atoms with Gasteiger partial charge in [0.05, 0.1) is 11.5 Å². The minimum absolute atomic E-state index is 0.201. The number of rotatable bonds is 4.